The van der Waals surface area contributed by atoms with E-state index in [1.165, 1.54) is 17.6 Å². The third-order valence-corrected chi connectivity index (χ3v) is 1.43. The quantitative estimate of drug-likeness (QED) is 0.537. The minimum absolute atomic E-state index is 0.774. The van der Waals surface area contributed by atoms with Gasteiger partial charge in [0.2, 0.25) is 0 Å². The summed E-state index contributed by atoms with van der Waals surface area (Å²) in [5.41, 5.74) is 2.77. The van der Waals surface area contributed by atoms with Crippen LogP contribution in [0.15, 0.2) is 23.3 Å². The zero-order chi connectivity index (χ0) is 8.85. The molecule has 0 saturated carbocycles. The van der Waals surface area contributed by atoms with Crippen LogP contribution in [0.1, 0.15) is 41.0 Å². The van der Waals surface area contributed by atoms with E-state index < -0.39 is 0 Å². The molecule has 0 atom stereocenters. The summed E-state index contributed by atoms with van der Waals surface area (Å²) in [6.45, 7) is 10.9. The lowest BCUT2D eigenvalue weighted by Crippen LogP contribution is -1.83. The molecule has 0 aromatic rings. The highest BCUT2D eigenvalue weighted by Gasteiger charge is 1.89. The Morgan fingerprint density at radius 3 is 2.09 bits per heavy atom. The fourth-order valence-corrected chi connectivity index (χ4v) is 0.936. The fraction of sp³-hybridized carbons (Fsp3) is 0.636. The third kappa shape index (κ3) is 7.38. The van der Waals surface area contributed by atoms with Gasteiger partial charge in [-0.2, -0.15) is 0 Å². The summed E-state index contributed by atoms with van der Waals surface area (Å²) in [4.78, 5) is 0. The van der Waals surface area contributed by atoms with Gasteiger partial charge < -0.3 is 0 Å². The molecule has 0 aliphatic rings. The van der Waals surface area contributed by atoms with E-state index in [0.717, 1.165) is 5.92 Å². The van der Waals surface area contributed by atoms with Crippen molar-refractivity contribution < 1.29 is 0 Å². The summed E-state index contributed by atoms with van der Waals surface area (Å²) in [5, 5.41) is 0. The standard InChI is InChI=1S/C11H20/c1-9(2)6-7-11(5)8-10(3)4/h7-9H,6H2,1-5H3. The van der Waals surface area contributed by atoms with Crippen LogP contribution in [-0.2, 0) is 0 Å². The van der Waals surface area contributed by atoms with Gasteiger partial charge in [-0.1, -0.05) is 37.1 Å². The summed E-state index contributed by atoms with van der Waals surface area (Å²) in [6.07, 6.45) is 5.72. The molecule has 0 aromatic carbocycles. The molecular weight excluding hydrogens is 132 g/mol. The summed E-state index contributed by atoms with van der Waals surface area (Å²) >= 11 is 0. The van der Waals surface area contributed by atoms with Gasteiger partial charge in [0.1, 0.15) is 0 Å². The average molecular weight is 152 g/mol. The van der Waals surface area contributed by atoms with E-state index in [2.05, 4.69) is 46.8 Å². The Morgan fingerprint density at radius 1 is 1.18 bits per heavy atom. The molecule has 0 nitrogen and oxygen atoms in total. The van der Waals surface area contributed by atoms with Gasteiger partial charge in [-0.25, -0.2) is 0 Å². The molecule has 0 saturated heterocycles. The second kappa shape index (κ2) is 5.17. The highest BCUT2D eigenvalue weighted by Crippen LogP contribution is 2.06. The molecule has 64 valence electrons. The molecule has 11 heavy (non-hydrogen) atoms. The molecule has 0 heterocycles. The largest absolute Gasteiger partial charge is 0.0813 e. The first-order chi connectivity index (χ1) is 5.02. The van der Waals surface area contributed by atoms with Gasteiger partial charge in [-0.05, 0) is 33.1 Å². The minimum atomic E-state index is 0.774. The minimum Gasteiger partial charge on any atom is -0.0813 e. The van der Waals surface area contributed by atoms with Crippen LogP contribution < -0.4 is 0 Å². The average Bonchev–Trinajstić information content (AvgIpc) is 1.82. The smallest absolute Gasteiger partial charge is 0.0322 e. The summed E-state index contributed by atoms with van der Waals surface area (Å²) in [6, 6.07) is 0. The molecule has 0 aliphatic carbocycles. The first-order valence-electron chi connectivity index (χ1n) is 4.34. The molecule has 0 bridgehead atoms. The van der Waals surface area contributed by atoms with Crippen LogP contribution in [0.4, 0.5) is 0 Å². The van der Waals surface area contributed by atoms with Crippen molar-refractivity contribution in [1.29, 1.82) is 0 Å². The Bertz CT molecular complexity index is 155. The van der Waals surface area contributed by atoms with Crippen LogP contribution in [0.2, 0.25) is 0 Å². The molecule has 0 fully saturated rings. The van der Waals surface area contributed by atoms with Gasteiger partial charge in [0.05, 0.1) is 0 Å². The molecule has 0 aliphatic heterocycles. The Kier molecular flexibility index (Phi) is 4.93. The molecule has 0 radical (unpaired) electrons. The Balaban J connectivity index is 3.92. The Labute approximate surface area is 71.0 Å². The number of allylic oxidation sites excluding steroid dienone is 4. The van der Waals surface area contributed by atoms with Crippen molar-refractivity contribution in [3.63, 3.8) is 0 Å². The van der Waals surface area contributed by atoms with Crippen LogP contribution in [0, 0.1) is 5.92 Å². The Hall–Kier alpha value is -0.520. The number of hydrogen-bond acceptors (Lipinski definition) is 0. The first kappa shape index (κ1) is 10.5. The van der Waals surface area contributed by atoms with Crippen LogP contribution in [0.25, 0.3) is 0 Å². The second-order valence-electron chi connectivity index (χ2n) is 3.80. The highest BCUT2D eigenvalue weighted by atomic mass is 14.0. The van der Waals surface area contributed by atoms with Gasteiger partial charge in [-0.15, -0.1) is 0 Å². The molecule has 0 aromatic heterocycles. The van der Waals surface area contributed by atoms with Gasteiger partial charge in [-0.3, -0.25) is 0 Å². The van der Waals surface area contributed by atoms with Gasteiger partial charge in [0.15, 0.2) is 0 Å². The molecule has 0 rings (SSSR count). The Morgan fingerprint density at radius 2 is 1.73 bits per heavy atom. The maximum absolute atomic E-state index is 2.30. The molecule has 0 spiro atoms. The predicted octanol–water partition coefficient (Wildman–Crippen LogP) is 3.95. The van der Waals surface area contributed by atoms with E-state index in [9.17, 15) is 0 Å². The maximum atomic E-state index is 2.30. The van der Waals surface area contributed by atoms with Crippen molar-refractivity contribution >= 4 is 0 Å². The summed E-state index contributed by atoms with van der Waals surface area (Å²) in [5.74, 6) is 0.774. The van der Waals surface area contributed by atoms with Crippen molar-refractivity contribution in [1.82, 2.24) is 0 Å². The van der Waals surface area contributed by atoms with Crippen molar-refractivity contribution in [2.24, 2.45) is 5.92 Å². The molecule has 0 N–H and O–H groups in total. The van der Waals surface area contributed by atoms with Crippen LogP contribution >= 0.6 is 0 Å². The van der Waals surface area contributed by atoms with Crippen molar-refractivity contribution in [3.05, 3.63) is 23.3 Å². The monoisotopic (exact) mass is 152 g/mol. The van der Waals surface area contributed by atoms with Crippen LogP contribution in [0.5, 0.6) is 0 Å². The van der Waals surface area contributed by atoms with Crippen LogP contribution in [0.3, 0.4) is 0 Å². The predicted molar refractivity (Wildman–Crippen MR) is 52.6 cm³/mol. The lowest BCUT2D eigenvalue weighted by atomic mass is 10.1. The van der Waals surface area contributed by atoms with Crippen molar-refractivity contribution in [3.8, 4) is 0 Å². The fourth-order valence-electron chi connectivity index (χ4n) is 0.936. The number of hydrogen-bond donors (Lipinski definition) is 0. The first-order valence-corrected chi connectivity index (χ1v) is 4.34. The SMILES string of the molecule is CC(C)=CC(C)=CCC(C)C. The molecule has 0 heteroatoms. The number of rotatable bonds is 3. The zero-order valence-electron chi connectivity index (χ0n) is 8.44. The van der Waals surface area contributed by atoms with Gasteiger partial charge in [0.25, 0.3) is 0 Å². The highest BCUT2D eigenvalue weighted by molar-refractivity contribution is 5.19. The normalized spacial score (nSPS) is 12.0. The van der Waals surface area contributed by atoms with E-state index >= 15 is 0 Å². The molecular formula is C11H20. The zero-order valence-corrected chi connectivity index (χ0v) is 8.44. The second-order valence-corrected chi connectivity index (χ2v) is 3.80. The summed E-state index contributed by atoms with van der Waals surface area (Å²) in [7, 11) is 0. The van der Waals surface area contributed by atoms with E-state index in [1.807, 2.05) is 0 Å². The maximum Gasteiger partial charge on any atom is -0.0322 e. The van der Waals surface area contributed by atoms with Gasteiger partial charge >= 0.3 is 0 Å². The van der Waals surface area contributed by atoms with Gasteiger partial charge in [0, 0.05) is 0 Å². The van der Waals surface area contributed by atoms with E-state index in [1.54, 1.807) is 0 Å². The van der Waals surface area contributed by atoms with Crippen LogP contribution in [-0.4, -0.2) is 0 Å². The van der Waals surface area contributed by atoms with Crippen molar-refractivity contribution in [2.45, 2.75) is 41.0 Å². The lowest BCUT2D eigenvalue weighted by molar-refractivity contribution is 0.662. The van der Waals surface area contributed by atoms with E-state index in [4.69, 9.17) is 0 Å². The third-order valence-electron chi connectivity index (χ3n) is 1.43. The topological polar surface area (TPSA) is 0 Å². The van der Waals surface area contributed by atoms with E-state index in [0.29, 0.717) is 0 Å². The summed E-state index contributed by atoms with van der Waals surface area (Å²) < 4.78 is 0. The molecule has 0 unspecified atom stereocenters. The van der Waals surface area contributed by atoms with Crippen molar-refractivity contribution in [2.75, 3.05) is 0 Å². The molecule has 0 amide bonds. The van der Waals surface area contributed by atoms with E-state index in [-0.39, 0.29) is 0 Å². The lowest BCUT2D eigenvalue weighted by Gasteiger charge is -1.99.